The summed E-state index contributed by atoms with van der Waals surface area (Å²) in [6.07, 6.45) is 3.56. The average Bonchev–Trinajstić information content (AvgIpc) is 1.92. The number of amides is 2. The van der Waals surface area contributed by atoms with Crippen molar-refractivity contribution >= 4 is 6.03 Å². The smallest absolute Gasteiger partial charge is 0.314 e. The van der Waals surface area contributed by atoms with Crippen LogP contribution in [0.3, 0.4) is 0 Å². The Balaban J connectivity index is 1.86. The molecule has 0 aromatic carbocycles. The van der Waals surface area contributed by atoms with Crippen LogP contribution in [0.1, 0.15) is 33.1 Å². The maximum atomic E-state index is 11.1. The van der Waals surface area contributed by atoms with E-state index in [0.717, 1.165) is 5.92 Å². The predicted octanol–water partition coefficient (Wildman–Crippen LogP) is 1.49. The summed E-state index contributed by atoms with van der Waals surface area (Å²) in [4.78, 5) is 11.1. The molecule has 0 aromatic heterocycles. The van der Waals surface area contributed by atoms with Crippen LogP contribution in [0.4, 0.5) is 4.79 Å². The fourth-order valence-corrected chi connectivity index (χ4v) is 2.91. The summed E-state index contributed by atoms with van der Waals surface area (Å²) >= 11 is 0. The van der Waals surface area contributed by atoms with Crippen molar-refractivity contribution in [3.05, 3.63) is 0 Å². The molecule has 13 heavy (non-hydrogen) atoms. The Bertz CT molecular complexity index is 228. The monoisotopic (exact) mass is 182 g/mol. The molecule has 3 rings (SSSR count). The van der Waals surface area contributed by atoms with Crippen LogP contribution in [-0.4, -0.2) is 18.6 Å². The quantitative estimate of drug-likeness (QED) is 0.667. The van der Waals surface area contributed by atoms with Gasteiger partial charge in [0.05, 0.1) is 0 Å². The number of rotatable bonds is 2. The molecule has 0 radical (unpaired) electrons. The molecular formula is C10H18N2O. The topological polar surface area (TPSA) is 41.1 Å². The predicted molar refractivity (Wildman–Crippen MR) is 51.4 cm³/mol. The van der Waals surface area contributed by atoms with Gasteiger partial charge in [-0.15, -0.1) is 0 Å². The number of hydrogen-bond acceptors (Lipinski definition) is 1. The highest BCUT2D eigenvalue weighted by molar-refractivity contribution is 5.75. The Morgan fingerprint density at radius 1 is 1.31 bits per heavy atom. The van der Waals surface area contributed by atoms with E-state index in [4.69, 9.17) is 0 Å². The molecule has 2 bridgehead atoms. The van der Waals surface area contributed by atoms with Crippen molar-refractivity contribution in [3.8, 4) is 0 Å². The number of carbonyl (C=O) groups excluding carboxylic acids is 1. The van der Waals surface area contributed by atoms with Crippen molar-refractivity contribution < 1.29 is 4.79 Å². The molecule has 0 atom stereocenters. The van der Waals surface area contributed by atoms with Gasteiger partial charge in [0.25, 0.3) is 0 Å². The van der Waals surface area contributed by atoms with Gasteiger partial charge in [-0.05, 0) is 30.6 Å². The van der Waals surface area contributed by atoms with E-state index in [1.54, 1.807) is 7.05 Å². The molecule has 3 aliphatic rings. The van der Waals surface area contributed by atoms with Gasteiger partial charge in [0.2, 0.25) is 0 Å². The van der Waals surface area contributed by atoms with Gasteiger partial charge >= 0.3 is 6.03 Å². The van der Waals surface area contributed by atoms with Crippen molar-refractivity contribution in [2.24, 2.45) is 11.3 Å². The van der Waals surface area contributed by atoms with E-state index in [1.807, 2.05) is 0 Å². The minimum Gasteiger partial charge on any atom is -0.341 e. The van der Waals surface area contributed by atoms with Crippen molar-refractivity contribution in [1.82, 2.24) is 10.6 Å². The zero-order valence-electron chi connectivity index (χ0n) is 8.61. The van der Waals surface area contributed by atoms with E-state index < -0.39 is 0 Å². The third kappa shape index (κ3) is 1.06. The lowest BCUT2D eigenvalue weighted by Crippen LogP contribution is -2.76. The molecule has 0 spiro atoms. The summed E-state index contributed by atoms with van der Waals surface area (Å²) in [6.45, 7) is 4.56. The van der Waals surface area contributed by atoms with Gasteiger partial charge in [-0.2, -0.15) is 0 Å². The maximum absolute atomic E-state index is 11.1. The molecule has 3 aliphatic carbocycles. The highest BCUT2D eigenvalue weighted by atomic mass is 16.2. The van der Waals surface area contributed by atoms with Crippen LogP contribution in [0.25, 0.3) is 0 Å². The van der Waals surface area contributed by atoms with Crippen molar-refractivity contribution in [2.45, 2.75) is 38.6 Å². The Morgan fingerprint density at radius 2 is 1.85 bits per heavy atom. The minimum absolute atomic E-state index is 0.0305. The third-order valence-electron chi connectivity index (χ3n) is 3.90. The summed E-state index contributed by atoms with van der Waals surface area (Å²) in [5.41, 5.74) is 0.741. The molecule has 3 saturated carbocycles. The fourth-order valence-electron chi connectivity index (χ4n) is 2.91. The number of carbonyl (C=O) groups is 1. The van der Waals surface area contributed by atoms with E-state index in [9.17, 15) is 4.79 Å². The second kappa shape index (κ2) is 2.40. The number of hydrogen-bond donors (Lipinski definition) is 2. The van der Waals surface area contributed by atoms with E-state index in [-0.39, 0.29) is 11.6 Å². The summed E-state index contributed by atoms with van der Waals surface area (Å²) in [5.74, 6) is 0.765. The van der Waals surface area contributed by atoms with Crippen LogP contribution in [0, 0.1) is 11.3 Å². The highest BCUT2D eigenvalue weighted by Crippen LogP contribution is 2.70. The Morgan fingerprint density at radius 3 is 2.23 bits per heavy atom. The first kappa shape index (κ1) is 8.85. The third-order valence-corrected chi connectivity index (χ3v) is 3.90. The van der Waals surface area contributed by atoms with Gasteiger partial charge in [-0.3, -0.25) is 0 Å². The van der Waals surface area contributed by atoms with Crippen molar-refractivity contribution in [2.75, 3.05) is 7.05 Å². The SMILES string of the molecule is CNC(=O)NC12CC(C(C)C)(C1)C2. The first-order valence-electron chi connectivity index (χ1n) is 5.02. The number of urea groups is 1. The van der Waals surface area contributed by atoms with E-state index >= 15 is 0 Å². The normalized spacial score (nSPS) is 40.6. The van der Waals surface area contributed by atoms with Gasteiger partial charge in [0, 0.05) is 12.6 Å². The summed E-state index contributed by atoms with van der Waals surface area (Å²) in [7, 11) is 1.67. The second-order valence-electron chi connectivity index (χ2n) is 5.03. The van der Waals surface area contributed by atoms with Crippen molar-refractivity contribution in [3.63, 3.8) is 0 Å². The minimum atomic E-state index is -0.0305. The average molecular weight is 182 g/mol. The Hall–Kier alpha value is -0.730. The maximum Gasteiger partial charge on any atom is 0.314 e. The molecule has 3 nitrogen and oxygen atoms in total. The van der Waals surface area contributed by atoms with Crippen molar-refractivity contribution in [1.29, 1.82) is 0 Å². The van der Waals surface area contributed by atoms with Crippen LogP contribution >= 0.6 is 0 Å². The molecule has 2 N–H and O–H groups in total. The van der Waals surface area contributed by atoms with Gasteiger partial charge < -0.3 is 10.6 Å². The van der Waals surface area contributed by atoms with Crippen LogP contribution in [0.15, 0.2) is 0 Å². The molecule has 0 aliphatic heterocycles. The zero-order chi connectivity index (χ0) is 9.69. The van der Waals surface area contributed by atoms with Crippen LogP contribution < -0.4 is 10.6 Å². The molecular weight excluding hydrogens is 164 g/mol. The Labute approximate surface area is 79.3 Å². The standard InChI is InChI=1S/C10H18N2O/c1-7(2)9-4-10(5-9,6-9)12-8(13)11-3/h7H,4-6H2,1-3H3,(H2,11,12,13). The fraction of sp³-hybridized carbons (Fsp3) is 0.900. The van der Waals surface area contributed by atoms with Crippen LogP contribution in [-0.2, 0) is 0 Å². The lowest BCUT2D eigenvalue weighted by atomic mass is 9.36. The summed E-state index contributed by atoms with van der Waals surface area (Å²) in [5, 5.41) is 5.64. The van der Waals surface area contributed by atoms with Crippen LogP contribution in [0.5, 0.6) is 0 Å². The molecule has 0 aromatic rings. The number of nitrogens with one attached hydrogen (secondary N) is 2. The van der Waals surface area contributed by atoms with Gasteiger partial charge in [0.15, 0.2) is 0 Å². The van der Waals surface area contributed by atoms with E-state index in [1.165, 1.54) is 19.3 Å². The lowest BCUT2D eigenvalue weighted by Gasteiger charge is -2.72. The van der Waals surface area contributed by atoms with E-state index in [0.29, 0.717) is 5.41 Å². The molecule has 74 valence electrons. The molecule has 0 heterocycles. The van der Waals surface area contributed by atoms with Gasteiger partial charge in [0.1, 0.15) is 0 Å². The lowest BCUT2D eigenvalue weighted by molar-refractivity contribution is -0.176. The first-order chi connectivity index (χ1) is 6.02. The molecule has 0 unspecified atom stereocenters. The van der Waals surface area contributed by atoms with Gasteiger partial charge in [-0.25, -0.2) is 4.79 Å². The Kier molecular flexibility index (Phi) is 1.63. The molecule has 2 amide bonds. The molecule has 3 heteroatoms. The largest absolute Gasteiger partial charge is 0.341 e. The molecule has 3 fully saturated rings. The highest BCUT2D eigenvalue weighted by Gasteiger charge is 2.69. The summed E-state index contributed by atoms with van der Waals surface area (Å²) < 4.78 is 0. The van der Waals surface area contributed by atoms with Crippen LogP contribution in [0.2, 0.25) is 0 Å². The molecule has 0 saturated heterocycles. The second-order valence-corrected chi connectivity index (χ2v) is 5.03. The summed E-state index contributed by atoms with van der Waals surface area (Å²) in [6, 6.07) is -0.0305. The first-order valence-corrected chi connectivity index (χ1v) is 5.02. The van der Waals surface area contributed by atoms with E-state index in [2.05, 4.69) is 24.5 Å². The zero-order valence-corrected chi connectivity index (χ0v) is 8.61. The van der Waals surface area contributed by atoms with Gasteiger partial charge in [-0.1, -0.05) is 13.8 Å².